The smallest absolute Gasteiger partial charge is 0.258 e. The van der Waals surface area contributed by atoms with E-state index in [1.54, 1.807) is 0 Å². The number of para-hydroxylation sites is 1. The van der Waals surface area contributed by atoms with Gasteiger partial charge in [-0.15, -0.1) is 0 Å². The Morgan fingerprint density at radius 1 is 1.04 bits per heavy atom. The normalized spacial score (nSPS) is 18.5. The Balaban J connectivity index is 1.67. The van der Waals surface area contributed by atoms with Crippen LogP contribution in [0.3, 0.4) is 0 Å². The van der Waals surface area contributed by atoms with Crippen LogP contribution in [0, 0.1) is 5.82 Å². The third kappa shape index (κ3) is 3.60. The Morgan fingerprint density at radius 2 is 1.71 bits per heavy atom. The number of carbonyl (C=O) groups is 1. The average molecular weight is 395 g/mol. The van der Waals surface area contributed by atoms with Crippen molar-refractivity contribution in [2.45, 2.75) is 25.4 Å². The van der Waals surface area contributed by atoms with Crippen LogP contribution in [0.2, 0.25) is 5.02 Å². The molecule has 3 aromatic rings. The summed E-state index contributed by atoms with van der Waals surface area (Å²) >= 11 is 5.99. The fraction of sp³-hybridized carbons (Fsp3) is 0.174. The predicted molar refractivity (Wildman–Crippen MR) is 112 cm³/mol. The van der Waals surface area contributed by atoms with Crippen molar-refractivity contribution < 1.29 is 9.18 Å². The second kappa shape index (κ2) is 7.64. The molecule has 1 N–H and O–H groups in total. The maximum atomic E-state index is 13.2. The van der Waals surface area contributed by atoms with Crippen LogP contribution in [0.4, 0.5) is 15.8 Å². The van der Waals surface area contributed by atoms with E-state index in [-0.39, 0.29) is 23.8 Å². The van der Waals surface area contributed by atoms with E-state index < -0.39 is 0 Å². The molecule has 1 heterocycles. The summed E-state index contributed by atoms with van der Waals surface area (Å²) in [6, 6.07) is 21.3. The molecule has 0 saturated heterocycles. The highest BCUT2D eigenvalue weighted by Gasteiger charge is 2.34. The highest BCUT2D eigenvalue weighted by atomic mass is 35.5. The van der Waals surface area contributed by atoms with Crippen molar-refractivity contribution in [1.82, 2.24) is 0 Å². The van der Waals surface area contributed by atoms with Gasteiger partial charge in [0.2, 0.25) is 0 Å². The van der Waals surface area contributed by atoms with Crippen molar-refractivity contribution >= 4 is 28.9 Å². The third-order valence-electron chi connectivity index (χ3n) is 5.08. The Labute approximate surface area is 168 Å². The predicted octanol–water partition coefficient (Wildman–Crippen LogP) is 6.07. The van der Waals surface area contributed by atoms with E-state index in [1.807, 2.05) is 60.4 Å². The maximum absolute atomic E-state index is 13.2. The van der Waals surface area contributed by atoms with E-state index in [4.69, 9.17) is 11.6 Å². The molecule has 142 valence electrons. The number of nitrogens with zero attached hydrogens (tertiary/aromatic N) is 1. The summed E-state index contributed by atoms with van der Waals surface area (Å²) in [7, 11) is 0. The minimum Gasteiger partial charge on any atom is -0.378 e. The first-order valence-electron chi connectivity index (χ1n) is 9.23. The molecule has 0 bridgehead atoms. The van der Waals surface area contributed by atoms with Crippen molar-refractivity contribution in [2.24, 2.45) is 0 Å². The molecule has 0 radical (unpaired) electrons. The van der Waals surface area contributed by atoms with Crippen LogP contribution in [0.25, 0.3) is 0 Å². The molecule has 1 amide bonds. The zero-order valence-corrected chi connectivity index (χ0v) is 16.2. The van der Waals surface area contributed by atoms with Gasteiger partial charge < -0.3 is 10.2 Å². The molecule has 0 aliphatic carbocycles. The summed E-state index contributed by atoms with van der Waals surface area (Å²) in [5, 5.41) is 4.25. The molecular weight excluding hydrogens is 375 g/mol. The summed E-state index contributed by atoms with van der Waals surface area (Å²) in [5.41, 5.74) is 3.40. The summed E-state index contributed by atoms with van der Waals surface area (Å²) in [5.74, 6) is -0.472. The van der Waals surface area contributed by atoms with Gasteiger partial charge in [0.1, 0.15) is 5.82 Å². The lowest BCUT2D eigenvalue weighted by molar-refractivity contribution is 0.0974. The minimum absolute atomic E-state index is 0.0164. The lowest BCUT2D eigenvalue weighted by Crippen LogP contribution is -2.44. The molecule has 0 spiro atoms. The van der Waals surface area contributed by atoms with Crippen LogP contribution in [0.1, 0.15) is 35.3 Å². The lowest BCUT2D eigenvalue weighted by atomic mass is 9.90. The molecule has 0 saturated carbocycles. The number of amides is 1. The first-order valence-corrected chi connectivity index (χ1v) is 9.61. The number of fused-ring (bicyclic) bond motifs is 1. The highest BCUT2D eigenvalue weighted by molar-refractivity contribution is 6.30. The first-order chi connectivity index (χ1) is 13.5. The SMILES string of the molecule is C[C@@H]1C[C@@H](Nc2ccc(Cl)cc2)c2ccccc2N1C(=O)c1ccc(F)cc1. The number of hydrogen-bond acceptors (Lipinski definition) is 2. The van der Waals surface area contributed by atoms with Crippen molar-refractivity contribution in [1.29, 1.82) is 0 Å². The number of hydrogen-bond donors (Lipinski definition) is 1. The average Bonchev–Trinajstić information content (AvgIpc) is 2.70. The van der Waals surface area contributed by atoms with Crippen molar-refractivity contribution in [3.05, 3.63) is 94.8 Å². The summed E-state index contributed by atoms with van der Waals surface area (Å²) in [6.45, 7) is 2.04. The van der Waals surface area contributed by atoms with Gasteiger partial charge >= 0.3 is 0 Å². The fourth-order valence-electron chi connectivity index (χ4n) is 3.74. The first kappa shape index (κ1) is 18.5. The van der Waals surface area contributed by atoms with E-state index in [2.05, 4.69) is 5.32 Å². The van der Waals surface area contributed by atoms with Crippen LogP contribution in [-0.2, 0) is 0 Å². The molecule has 2 atom stereocenters. The molecule has 1 aliphatic rings. The number of benzene rings is 3. The maximum Gasteiger partial charge on any atom is 0.258 e. The van der Waals surface area contributed by atoms with Gasteiger partial charge in [0.05, 0.1) is 6.04 Å². The Bertz CT molecular complexity index is 988. The van der Waals surface area contributed by atoms with Gasteiger partial charge in [-0.25, -0.2) is 4.39 Å². The van der Waals surface area contributed by atoms with Crippen molar-refractivity contribution in [2.75, 3.05) is 10.2 Å². The molecule has 28 heavy (non-hydrogen) atoms. The quantitative estimate of drug-likeness (QED) is 0.584. The van der Waals surface area contributed by atoms with Gasteiger partial charge in [-0.2, -0.15) is 0 Å². The summed E-state index contributed by atoms with van der Waals surface area (Å²) in [6.07, 6.45) is 0.757. The second-order valence-electron chi connectivity index (χ2n) is 7.03. The Morgan fingerprint density at radius 3 is 2.43 bits per heavy atom. The summed E-state index contributed by atoms with van der Waals surface area (Å²) < 4.78 is 13.2. The van der Waals surface area contributed by atoms with Crippen LogP contribution >= 0.6 is 11.6 Å². The van der Waals surface area contributed by atoms with Crippen molar-refractivity contribution in [3.8, 4) is 0 Å². The molecular formula is C23H20ClFN2O. The Hall–Kier alpha value is -2.85. The van der Waals surface area contributed by atoms with Crippen LogP contribution in [0.15, 0.2) is 72.8 Å². The van der Waals surface area contributed by atoms with E-state index in [0.717, 1.165) is 23.4 Å². The number of halogens is 2. The molecule has 5 heteroatoms. The zero-order valence-electron chi connectivity index (χ0n) is 15.4. The van der Waals surface area contributed by atoms with Gasteiger partial charge in [-0.05, 0) is 73.5 Å². The largest absolute Gasteiger partial charge is 0.378 e. The van der Waals surface area contributed by atoms with E-state index in [1.165, 1.54) is 24.3 Å². The number of nitrogens with one attached hydrogen (secondary N) is 1. The monoisotopic (exact) mass is 394 g/mol. The molecule has 0 fully saturated rings. The van der Waals surface area contributed by atoms with Crippen molar-refractivity contribution in [3.63, 3.8) is 0 Å². The second-order valence-corrected chi connectivity index (χ2v) is 7.47. The van der Waals surface area contributed by atoms with E-state index >= 15 is 0 Å². The third-order valence-corrected chi connectivity index (χ3v) is 5.34. The standard InChI is InChI=1S/C23H20ClFN2O/c1-15-14-21(26-19-12-8-17(24)9-13-19)20-4-2-3-5-22(20)27(15)23(28)16-6-10-18(25)11-7-16/h2-13,15,21,26H,14H2,1H3/t15-,21-/m1/s1. The number of anilines is 2. The van der Waals surface area contributed by atoms with Crippen LogP contribution in [0.5, 0.6) is 0 Å². The highest BCUT2D eigenvalue weighted by Crippen LogP contribution is 2.39. The molecule has 1 aliphatic heterocycles. The zero-order chi connectivity index (χ0) is 19.7. The lowest BCUT2D eigenvalue weighted by Gasteiger charge is -2.40. The molecule has 0 unspecified atom stereocenters. The van der Waals surface area contributed by atoms with E-state index in [0.29, 0.717) is 10.6 Å². The van der Waals surface area contributed by atoms with Gasteiger partial charge in [-0.1, -0.05) is 29.8 Å². The Kier molecular flexibility index (Phi) is 5.05. The minimum atomic E-state index is -0.351. The summed E-state index contributed by atoms with van der Waals surface area (Å²) in [4.78, 5) is 15.0. The van der Waals surface area contributed by atoms with Gasteiger partial charge in [-0.3, -0.25) is 4.79 Å². The number of rotatable bonds is 3. The van der Waals surface area contributed by atoms with Gasteiger partial charge in [0, 0.05) is 28.0 Å². The molecule has 4 rings (SSSR count). The molecule has 3 aromatic carbocycles. The number of carbonyl (C=O) groups excluding carboxylic acids is 1. The van der Waals surface area contributed by atoms with Gasteiger partial charge in [0.15, 0.2) is 0 Å². The topological polar surface area (TPSA) is 32.3 Å². The van der Waals surface area contributed by atoms with E-state index in [9.17, 15) is 9.18 Å². The fourth-order valence-corrected chi connectivity index (χ4v) is 3.86. The van der Waals surface area contributed by atoms with Crippen LogP contribution in [-0.4, -0.2) is 11.9 Å². The van der Waals surface area contributed by atoms with Crippen LogP contribution < -0.4 is 10.2 Å². The molecule has 0 aromatic heterocycles. The molecule has 3 nitrogen and oxygen atoms in total. The van der Waals surface area contributed by atoms with Gasteiger partial charge in [0.25, 0.3) is 5.91 Å².